The molecule has 4 nitrogen and oxygen atoms in total. The summed E-state index contributed by atoms with van der Waals surface area (Å²) in [7, 11) is 0. The minimum atomic E-state index is -0.605. The average Bonchev–Trinajstić information content (AvgIpc) is 2.15. The molecule has 0 aromatic rings. The highest BCUT2D eigenvalue weighted by atomic mass is 19.1. The van der Waals surface area contributed by atoms with E-state index in [1.165, 1.54) is 0 Å². The average molecular weight is 207 g/mol. The third kappa shape index (κ3) is 1.72. The van der Waals surface area contributed by atoms with Gasteiger partial charge in [-0.1, -0.05) is 13.8 Å². The van der Waals surface area contributed by atoms with Crippen LogP contribution in [0.2, 0.25) is 0 Å². The van der Waals surface area contributed by atoms with E-state index in [-0.39, 0.29) is 17.3 Å². The molecule has 0 atom stereocenters. The quantitative estimate of drug-likeness (QED) is 0.771. The van der Waals surface area contributed by atoms with Crippen molar-refractivity contribution in [1.82, 2.24) is 15.0 Å². The summed E-state index contributed by atoms with van der Waals surface area (Å²) in [5.41, 5.74) is 0.760. The van der Waals surface area contributed by atoms with Crippen molar-refractivity contribution >= 4 is 0 Å². The lowest BCUT2D eigenvalue weighted by atomic mass is 10.0. The second-order valence-corrected chi connectivity index (χ2v) is 3.64. The fraction of sp³-hybridized carbons (Fsp3) is 0.300. The second-order valence-electron chi connectivity index (χ2n) is 3.64. The Labute approximate surface area is 85.5 Å². The van der Waals surface area contributed by atoms with Gasteiger partial charge in [0.25, 0.3) is 5.56 Å². The zero-order valence-electron chi connectivity index (χ0n) is 8.41. The minimum Gasteiger partial charge on any atom is -0.313 e. The van der Waals surface area contributed by atoms with E-state index in [0.717, 1.165) is 6.20 Å². The van der Waals surface area contributed by atoms with Crippen molar-refractivity contribution in [1.29, 1.82) is 0 Å². The first-order chi connectivity index (χ1) is 7.08. The van der Waals surface area contributed by atoms with Gasteiger partial charge >= 0.3 is 0 Å². The van der Waals surface area contributed by atoms with Crippen LogP contribution >= 0.6 is 0 Å². The molecular formula is C10H10FN3O. The highest BCUT2D eigenvalue weighted by molar-refractivity contribution is 5.51. The summed E-state index contributed by atoms with van der Waals surface area (Å²) in [4.78, 5) is 21.5. The molecule has 0 radical (unpaired) electrons. The summed E-state index contributed by atoms with van der Waals surface area (Å²) in [6.07, 6.45) is 1.07. The molecule has 2 rings (SSSR count). The number of rotatable bonds is 1. The highest BCUT2D eigenvalue weighted by Gasteiger charge is 2.13. The van der Waals surface area contributed by atoms with E-state index in [9.17, 15) is 9.18 Å². The van der Waals surface area contributed by atoms with Crippen LogP contribution in [0, 0.1) is 5.95 Å². The number of halogens is 1. The van der Waals surface area contributed by atoms with Gasteiger partial charge in [-0.2, -0.15) is 9.37 Å². The van der Waals surface area contributed by atoms with Gasteiger partial charge < -0.3 is 4.98 Å². The summed E-state index contributed by atoms with van der Waals surface area (Å²) in [5, 5.41) is 0. The largest absolute Gasteiger partial charge is 0.313 e. The van der Waals surface area contributed by atoms with Crippen LogP contribution in [0.3, 0.4) is 0 Å². The van der Waals surface area contributed by atoms with Gasteiger partial charge in [-0.3, -0.25) is 4.79 Å². The summed E-state index contributed by atoms with van der Waals surface area (Å²) < 4.78 is 12.8. The molecule has 0 aromatic carbocycles. The zero-order valence-corrected chi connectivity index (χ0v) is 8.41. The monoisotopic (exact) mass is 207 g/mol. The molecule has 0 aliphatic carbocycles. The molecule has 0 unspecified atom stereocenters. The Morgan fingerprint density at radius 1 is 1.47 bits per heavy atom. The molecule has 5 heteroatoms. The Kier molecular flexibility index (Phi) is 2.22. The Bertz CT molecular complexity index is 521. The number of aromatic nitrogens is 3. The van der Waals surface area contributed by atoms with Crippen molar-refractivity contribution in [2.45, 2.75) is 19.8 Å². The standard InChI is InChI=1S/C10H10FN3O/c1-5(2)6-3-7-9(14-10(6)15)13-8(11)4-12-7/h3-5H,1-2H3,(H,13,14,15). The van der Waals surface area contributed by atoms with Crippen LogP contribution in [0.25, 0.3) is 11.5 Å². The molecule has 0 fully saturated rings. The number of nitrogens with one attached hydrogen (secondary N) is 1. The van der Waals surface area contributed by atoms with Gasteiger partial charge in [0, 0.05) is 5.56 Å². The van der Waals surface area contributed by atoms with Gasteiger partial charge in [0.05, 0.1) is 6.20 Å². The third-order valence-corrected chi connectivity index (χ3v) is 2.17. The van der Waals surface area contributed by atoms with Crippen LogP contribution in [-0.2, 0) is 0 Å². The Hall–Kier alpha value is -1.78. The van der Waals surface area contributed by atoms with Crippen LogP contribution in [0.5, 0.6) is 0 Å². The van der Waals surface area contributed by atoms with Crippen LogP contribution in [0.4, 0.5) is 4.39 Å². The fourth-order valence-electron chi connectivity index (χ4n) is 1.38. The van der Waals surface area contributed by atoms with Crippen molar-refractivity contribution < 1.29 is 4.39 Å². The van der Waals surface area contributed by atoms with Crippen LogP contribution < -0.4 is 5.56 Å². The van der Waals surface area contributed by atoms with Crippen molar-refractivity contribution in [2.75, 3.05) is 0 Å². The summed E-state index contributed by atoms with van der Waals surface area (Å²) >= 11 is 0. The highest BCUT2D eigenvalue weighted by Crippen LogP contribution is 2.17. The summed E-state index contributed by atoms with van der Waals surface area (Å²) in [5.74, 6) is -0.336. The van der Waals surface area contributed by atoms with Crippen molar-refractivity contribution in [3.63, 3.8) is 0 Å². The fourth-order valence-corrected chi connectivity index (χ4v) is 1.38. The third-order valence-electron chi connectivity index (χ3n) is 2.17. The zero-order chi connectivity index (χ0) is 11.0. The number of hydrogen-bond acceptors (Lipinski definition) is 3. The topological polar surface area (TPSA) is 58.6 Å². The van der Waals surface area contributed by atoms with Gasteiger partial charge in [0.1, 0.15) is 5.69 Å². The van der Waals surface area contributed by atoms with Crippen LogP contribution in [0.1, 0.15) is 25.3 Å². The molecular weight excluding hydrogens is 197 g/mol. The molecule has 2 heterocycles. The maximum atomic E-state index is 12.8. The SMILES string of the molecule is CC(C)c1cc2ncc(F)[nH]c-2nc1=O. The maximum absolute atomic E-state index is 12.8. The lowest BCUT2D eigenvalue weighted by Gasteiger charge is -2.07. The predicted octanol–water partition coefficient (Wildman–Crippen LogP) is 1.53. The number of aromatic amines is 1. The van der Waals surface area contributed by atoms with Gasteiger partial charge in [-0.15, -0.1) is 0 Å². The van der Waals surface area contributed by atoms with Gasteiger partial charge in [-0.05, 0) is 12.0 Å². The molecule has 0 amide bonds. The van der Waals surface area contributed by atoms with E-state index in [4.69, 9.17) is 0 Å². The Morgan fingerprint density at radius 2 is 2.20 bits per heavy atom. The molecule has 0 saturated carbocycles. The Morgan fingerprint density at radius 3 is 2.87 bits per heavy atom. The first-order valence-electron chi connectivity index (χ1n) is 4.63. The van der Waals surface area contributed by atoms with Crippen molar-refractivity contribution in [3.05, 3.63) is 34.1 Å². The van der Waals surface area contributed by atoms with Gasteiger partial charge in [-0.25, -0.2) is 4.98 Å². The smallest absolute Gasteiger partial charge is 0.275 e. The molecule has 78 valence electrons. The van der Waals surface area contributed by atoms with Crippen LogP contribution in [0.15, 0.2) is 17.1 Å². The lowest BCUT2D eigenvalue weighted by molar-refractivity contribution is 0.575. The number of H-pyrrole nitrogens is 1. The first-order valence-corrected chi connectivity index (χ1v) is 4.63. The van der Waals surface area contributed by atoms with E-state index < -0.39 is 5.95 Å². The Balaban J connectivity index is 2.73. The number of pyridine rings is 1. The van der Waals surface area contributed by atoms with E-state index in [1.54, 1.807) is 6.07 Å². The van der Waals surface area contributed by atoms with E-state index >= 15 is 0 Å². The van der Waals surface area contributed by atoms with Crippen LogP contribution in [-0.4, -0.2) is 15.0 Å². The number of fused-ring (bicyclic) bond motifs is 1. The molecule has 0 saturated heterocycles. The normalized spacial score (nSPS) is 11.2. The number of nitrogens with zero attached hydrogens (tertiary/aromatic N) is 2. The van der Waals surface area contributed by atoms with Gasteiger partial charge in [0.15, 0.2) is 5.82 Å². The first kappa shape index (κ1) is 9.76. The van der Waals surface area contributed by atoms with Crippen molar-refractivity contribution in [2.24, 2.45) is 0 Å². The van der Waals surface area contributed by atoms with Gasteiger partial charge in [0.2, 0.25) is 5.95 Å². The second kappa shape index (κ2) is 3.42. The molecule has 0 bridgehead atoms. The lowest BCUT2D eigenvalue weighted by Crippen LogP contribution is -2.17. The molecule has 0 aromatic heterocycles. The molecule has 15 heavy (non-hydrogen) atoms. The van der Waals surface area contributed by atoms with E-state index in [2.05, 4.69) is 15.0 Å². The van der Waals surface area contributed by atoms with Crippen molar-refractivity contribution in [3.8, 4) is 11.5 Å². The number of hydrogen-bond donors (Lipinski definition) is 1. The van der Waals surface area contributed by atoms with E-state index in [1.807, 2.05) is 13.8 Å². The summed E-state index contributed by atoms with van der Waals surface area (Å²) in [6.45, 7) is 3.80. The molecule has 1 N–H and O–H groups in total. The molecule has 2 aliphatic heterocycles. The maximum Gasteiger partial charge on any atom is 0.275 e. The summed E-state index contributed by atoms with van der Waals surface area (Å²) in [6, 6.07) is 1.64. The molecule has 2 aliphatic rings. The molecule has 0 spiro atoms. The minimum absolute atomic E-state index is 0.0845. The predicted molar refractivity (Wildman–Crippen MR) is 53.3 cm³/mol. The van der Waals surface area contributed by atoms with E-state index in [0.29, 0.717) is 11.3 Å².